The molecule has 0 atom stereocenters. The van der Waals surface area contributed by atoms with Gasteiger partial charge in [-0.25, -0.2) is 4.98 Å². The van der Waals surface area contributed by atoms with Crippen molar-refractivity contribution in [1.29, 1.82) is 0 Å². The summed E-state index contributed by atoms with van der Waals surface area (Å²) >= 11 is 1.39. The van der Waals surface area contributed by atoms with E-state index < -0.39 is 0 Å². The van der Waals surface area contributed by atoms with E-state index in [1.807, 2.05) is 0 Å². The second-order valence-corrected chi connectivity index (χ2v) is 3.81. The third kappa shape index (κ3) is 4.82. The molecule has 0 bridgehead atoms. The number of hydrogen-bond acceptors (Lipinski definition) is 6. The van der Waals surface area contributed by atoms with Crippen LogP contribution in [-0.2, 0) is 4.74 Å². The van der Waals surface area contributed by atoms with Gasteiger partial charge in [0.05, 0.1) is 13.2 Å². The van der Waals surface area contributed by atoms with Crippen molar-refractivity contribution in [2.75, 3.05) is 31.2 Å². The van der Waals surface area contributed by atoms with Crippen LogP contribution >= 0.6 is 11.8 Å². The van der Waals surface area contributed by atoms with Gasteiger partial charge in [-0.05, 0) is 0 Å². The molecule has 84 valence electrons. The molecular formula is C8H14N4O2S. The lowest BCUT2D eigenvalue weighted by molar-refractivity contribution is 0.158. The molecule has 0 fully saturated rings. The first-order valence-corrected chi connectivity index (χ1v) is 5.48. The van der Waals surface area contributed by atoms with Crippen LogP contribution in [0.25, 0.3) is 0 Å². The van der Waals surface area contributed by atoms with Crippen molar-refractivity contribution in [3.63, 3.8) is 0 Å². The van der Waals surface area contributed by atoms with Crippen LogP contribution < -0.4 is 17.0 Å². The molecule has 6 nitrogen and oxygen atoms in total. The van der Waals surface area contributed by atoms with Crippen LogP contribution in [0, 0.1) is 0 Å². The maximum atomic E-state index is 11.0. The molecule has 0 amide bonds. The summed E-state index contributed by atoms with van der Waals surface area (Å²) in [6.07, 6.45) is 0. The summed E-state index contributed by atoms with van der Waals surface area (Å²) in [5.41, 5.74) is 10.4. The molecule has 5 N–H and O–H groups in total. The monoisotopic (exact) mass is 230 g/mol. The number of aromatic amines is 1. The number of thioether (sulfide) groups is 1. The van der Waals surface area contributed by atoms with Gasteiger partial charge in [-0.2, -0.15) is 0 Å². The number of ether oxygens (including phenoxy) is 1. The first-order valence-electron chi connectivity index (χ1n) is 4.50. The zero-order valence-corrected chi connectivity index (χ0v) is 9.05. The molecular weight excluding hydrogens is 216 g/mol. The number of nitrogen functional groups attached to an aromatic ring is 1. The van der Waals surface area contributed by atoms with E-state index in [1.165, 1.54) is 17.8 Å². The van der Waals surface area contributed by atoms with Gasteiger partial charge in [-0.3, -0.25) is 4.79 Å². The highest BCUT2D eigenvalue weighted by molar-refractivity contribution is 7.99. The number of hydrogen-bond donors (Lipinski definition) is 3. The number of anilines is 1. The number of nitrogens with one attached hydrogen (secondary N) is 1. The molecule has 1 rings (SSSR count). The highest BCUT2D eigenvalue weighted by Crippen LogP contribution is 2.10. The zero-order chi connectivity index (χ0) is 11.1. The van der Waals surface area contributed by atoms with Gasteiger partial charge in [0.15, 0.2) is 5.16 Å². The van der Waals surface area contributed by atoms with Crippen molar-refractivity contribution in [3.8, 4) is 0 Å². The Kier molecular flexibility index (Phi) is 5.16. The third-order valence-corrected chi connectivity index (χ3v) is 2.31. The lowest BCUT2D eigenvalue weighted by Crippen LogP contribution is -2.11. The molecule has 0 aromatic carbocycles. The third-order valence-electron chi connectivity index (χ3n) is 1.47. The molecule has 0 aliphatic heterocycles. The van der Waals surface area contributed by atoms with E-state index in [1.54, 1.807) is 0 Å². The Bertz CT molecular complexity index is 355. The topological polar surface area (TPSA) is 107 Å². The molecule has 0 saturated carbocycles. The maximum Gasteiger partial charge on any atom is 0.253 e. The lowest BCUT2D eigenvalue weighted by atomic mass is 10.6. The molecule has 0 spiro atoms. The Labute approximate surface area is 91.4 Å². The van der Waals surface area contributed by atoms with Gasteiger partial charge in [0.2, 0.25) is 0 Å². The summed E-state index contributed by atoms with van der Waals surface area (Å²) < 4.78 is 5.17. The van der Waals surface area contributed by atoms with Crippen molar-refractivity contribution in [2.45, 2.75) is 5.16 Å². The van der Waals surface area contributed by atoms with E-state index in [0.29, 0.717) is 30.7 Å². The van der Waals surface area contributed by atoms with Crippen LogP contribution in [0.15, 0.2) is 16.0 Å². The van der Waals surface area contributed by atoms with Gasteiger partial charge in [0, 0.05) is 18.4 Å². The van der Waals surface area contributed by atoms with E-state index in [2.05, 4.69) is 9.97 Å². The second kappa shape index (κ2) is 6.44. The van der Waals surface area contributed by atoms with Crippen molar-refractivity contribution < 1.29 is 4.74 Å². The Morgan fingerprint density at radius 3 is 3.00 bits per heavy atom. The predicted molar refractivity (Wildman–Crippen MR) is 59.9 cm³/mol. The first kappa shape index (κ1) is 12.0. The fourth-order valence-corrected chi connectivity index (χ4v) is 1.64. The molecule has 15 heavy (non-hydrogen) atoms. The Morgan fingerprint density at radius 1 is 1.53 bits per heavy atom. The van der Waals surface area contributed by atoms with Crippen molar-refractivity contribution in [1.82, 2.24) is 9.97 Å². The lowest BCUT2D eigenvalue weighted by Gasteiger charge is -2.02. The van der Waals surface area contributed by atoms with E-state index in [-0.39, 0.29) is 11.4 Å². The van der Waals surface area contributed by atoms with Gasteiger partial charge in [0.1, 0.15) is 5.82 Å². The number of nitrogens with zero attached hydrogens (tertiary/aromatic N) is 1. The molecule has 0 aliphatic rings. The summed E-state index contributed by atoms with van der Waals surface area (Å²) in [7, 11) is 0. The summed E-state index contributed by atoms with van der Waals surface area (Å²) in [5.74, 6) is 0.927. The highest BCUT2D eigenvalue weighted by Gasteiger charge is 1.99. The van der Waals surface area contributed by atoms with Crippen LogP contribution in [0.1, 0.15) is 0 Å². The fourth-order valence-electron chi connectivity index (χ4n) is 0.904. The van der Waals surface area contributed by atoms with E-state index in [9.17, 15) is 4.79 Å². The second-order valence-electron chi connectivity index (χ2n) is 2.72. The smallest absolute Gasteiger partial charge is 0.253 e. The molecule has 0 radical (unpaired) electrons. The SMILES string of the molecule is NCCOCCSc1nc(N)cc(=O)[nH]1. The van der Waals surface area contributed by atoms with Crippen LogP contribution in [0.3, 0.4) is 0 Å². The molecule has 1 aromatic rings. The van der Waals surface area contributed by atoms with Crippen LogP contribution in [-0.4, -0.2) is 35.5 Å². The zero-order valence-electron chi connectivity index (χ0n) is 8.23. The maximum absolute atomic E-state index is 11.0. The fraction of sp³-hybridized carbons (Fsp3) is 0.500. The summed E-state index contributed by atoms with van der Waals surface area (Å²) in [5, 5.41) is 0.511. The Morgan fingerprint density at radius 2 is 2.33 bits per heavy atom. The molecule has 0 unspecified atom stereocenters. The van der Waals surface area contributed by atoms with Gasteiger partial charge < -0.3 is 21.2 Å². The average molecular weight is 230 g/mol. The van der Waals surface area contributed by atoms with Crippen LogP contribution in [0.2, 0.25) is 0 Å². The number of rotatable bonds is 6. The molecule has 1 heterocycles. The summed E-state index contributed by atoms with van der Waals surface area (Å²) in [4.78, 5) is 17.5. The molecule has 7 heteroatoms. The summed E-state index contributed by atoms with van der Waals surface area (Å²) in [6.45, 7) is 1.62. The first-order chi connectivity index (χ1) is 7.22. The minimum atomic E-state index is -0.243. The van der Waals surface area contributed by atoms with Crippen LogP contribution in [0.5, 0.6) is 0 Å². The average Bonchev–Trinajstić information content (AvgIpc) is 2.16. The Balaban J connectivity index is 2.34. The van der Waals surface area contributed by atoms with Crippen molar-refractivity contribution >= 4 is 17.6 Å². The molecule has 1 aromatic heterocycles. The van der Waals surface area contributed by atoms with Crippen LogP contribution in [0.4, 0.5) is 5.82 Å². The van der Waals surface area contributed by atoms with Crippen molar-refractivity contribution in [2.24, 2.45) is 5.73 Å². The molecule has 0 saturated heterocycles. The number of nitrogens with two attached hydrogens (primary N) is 2. The van der Waals surface area contributed by atoms with E-state index in [0.717, 1.165) is 0 Å². The van der Waals surface area contributed by atoms with Crippen molar-refractivity contribution in [3.05, 3.63) is 16.4 Å². The minimum absolute atomic E-state index is 0.226. The summed E-state index contributed by atoms with van der Waals surface area (Å²) in [6, 6.07) is 1.25. The molecule has 0 aliphatic carbocycles. The quantitative estimate of drug-likeness (QED) is 0.343. The van der Waals surface area contributed by atoms with Gasteiger partial charge in [0.25, 0.3) is 5.56 Å². The van der Waals surface area contributed by atoms with Gasteiger partial charge in [-0.15, -0.1) is 0 Å². The highest BCUT2D eigenvalue weighted by atomic mass is 32.2. The standard InChI is InChI=1S/C8H14N4O2S/c9-1-2-14-3-4-15-8-11-6(10)5-7(13)12-8/h5H,1-4,9H2,(H3,10,11,12,13). The number of H-pyrrole nitrogens is 1. The van der Waals surface area contributed by atoms with Gasteiger partial charge in [-0.1, -0.05) is 11.8 Å². The minimum Gasteiger partial charge on any atom is -0.383 e. The Hall–Kier alpha value is -1.05. The van der Waals surface area contributed by atoms with E-state index in [4.69, 9.17) is 16.2 Å². The largest absolute Gasteiger partial charge is 0.383 e. The predicted octanol–water partition coefficient (Wildman–Crippen LogP) is -0.581. The van der Waals surface area contributed by atoms with E-state index >= 15 is 0 Å². The number of aromatic nitrogens is 2. The van der Waals surface area contributed by atoms with Gasteiger partial charge >= 0.3 is 0 Å². The normalized spacial score (nSPS) is 10.5.